The lowest BCUT2D eigenvalue weighted by Gasteiger charge is -2.20. The number of rotatable bonds is 3. The minimum absolute atomic E-state index is 0.282. The first kappa shape index (κ1) is 7.73. The van der Waals surface area contributed by atoms with E-state index in [1.165, 1.54) is 19.3 Å². The van der Waals surface area contributed by atoms with Gasteiger partial charge in [0.05, 0.1) is 6.10 Å². The van der Waals surface area contributed by atoms with Crippen LogP contribution in [-0.4, -0.2) is 19.0 Å². The fourth-order valence-electron chi connectivity index (χ4n) is 1.41. The highest BCUT2D eigenvalue weighted by Crippen LogP contribution is 2.19. The summed E-state index contributed by atoms with van der Waals surface area (Å²) in [6.07, 6.45) is 7.36. The Morgan fingerprint density at radius 1 is 1.30 bits per heavy atom. The highest BCUT2D eigenvalue weighted by Gasteiger charge is 2.12. The fraction of sp³-hybridized carbons (Fsp3) is 0.875. The molecule has 1 aliphatic carbocycles. The van der Waals surface area contributed by atoms with Crippen LogP contribution in [0.3, 0.4) is 0 Å². The van der Waals surface area contributed by atoms with E-state index in [1.807, 2.05) is 0 Å². The normalized spacial score (nSPS) is 20.8. The maximum Gasteiger partial charge on any atom is 0.145 e. The van der Waals surface area contributed by atoms with Crippen LogP contribution in [0.5, 0.6) is 0 Å². The molecular formula is C8H14O2. The molecule has 0 radical (unpaired) electrons. The first-order chi connectivity index (χ1) is 4.93. The van der Waals surface area contributed by atoms with Crippen molar-refractivity contribution in [1.29, 1.82) is 0 Å². The van der Waals surface area contributed by atoms with E-state index >= 15 is 0 Å². The summed E-state index contributed by atoms with van der Waals surface area (Å²) >= 11 is 0. The Balaban J connectivity index is 2.07. The van der Waals surface area contributed by atoms with Crippen molar-refractivity contribution in [3.63, 3.8) is 0 Å². The molecule has 0 saturated heterocycles. The summed E-state index contributed by atoms with van der Waals surface area (Å²) in [5.74, 6) is 0. The minimum atomic E-state index is 0.282. The number of hydrogen-bond acceptors (Lipinski definition) is 2. The van der Waals surface area contributed by atoms with Crippen LogP contribution in [0.15, 0.2) is 0 Å². The molecule has 2 heteroatoms. The summed E-state index contributed by atoms with van der Waals surface area (Å²) < 4.78 is 5.26. The Morgan fingerprint density at radius 3 is 2.60 bits per heavy atom. The molecule has 0 aromatic heterocycles. The van der Waals surface area contributed by atoms with Gasteiger partial charge in [-0.25, -0.2) is 0 Å². The monoisotopic (exact) mass is 142 g/mol. The molecule has 58 valence electrons. The molecule has 10 heavy (non-hydrogen) atoms. The van der Waals surface area contributed by atoms with Crippen LogP contribution < -0.4 is 0 Å². The van der Waals surface area contributed by atoms with Crippen molar-refractivity contribution >= 4 is 6.29 Å². The lowest BCUT2D eigenvalue weighted by Crippen LogP contribution is -2.17. The van der Waals surface area contributed by atoms with Gasteiger partial charge in [-0.15, -0.1) is 0 Å². The molecule has 0 unspecified atom stereocenters. The van der Waals surface area contributed by atoms with Crippen LogP contribution in [0.2, 0.25) is 0 Å². The van der Waals surface area contributed by atoms with E-state index in [-0.39, 0.29) is 6.61 Å². The molecule has 0 spiro atoms. The van der Waals surface area contributed by atoms with Crippen molar-refractivity contribution in [2.45, 2.75) is 38.2 Å². The largest absolute Gasteiger partial charge is 0.371 e. The summed E-state index contributed by atoms with van der Waals surface area (Å²) in [4.78, 5) is 9.92. The van der Waals surface area contributed by atoms with Crippen LogP contribution in [0, 0.1) is 0 Å². The average Bonchev–Trinajstić information content (AvgIpc) is 2.03. The Labute approximate surface area is 61.6 Å². The summed E-state index contributed by atoms with van der Waals surface area (Å²) in [5, 5.41) is 0. The van der Waals surface area contributed by atoms with Gasteiger partial charge in [-0.3, -0.25) is 0 Å². The van der Waals surface area contributed by atoms with E-state index in [0.29, 0.717) is 6.10 Å². The van der Waals surface area contributed by atoms with E-state index in [0.717, 1.165) is 19.1 Å². The summed E-state index contributed by atoms with van der Waals surface area (Å²) in [5.41, 5.74) is 0. The zero-order valence-electron chi connectivity index (χ0n) is 6.21. The predicted molar refractivity (Wildman–Crippen MR) is 38.9 cm³/mol. The predicted octanol–water partition coefficient (Wildman–Crippen LogP) is 1.53. The first-order valence-electron chi connectivity index (χ1n) is 3.98. The van der Waals surface area contributed by atoms with Gasteiger partial charge in [0.25, 0.3) is 0 Å². The standard InChI is InChI=1S/C8H14O2/c9-6-7-10-8-4-2-1-3-5-8/h6,8H,1-5,7H2. The van der Waals surface area contributed by atoms with Crippen LogP contribution in [0.1, 0.15) is 32.1 Å². The Bertz CT molecular complexity index is 95.4. The Hall–Kier alpha value is -0.370. The molecule has 0 atom stereocenters. The molecule has 1 rings (SSSR count). The second-order valence-corrected chi connectivity index (χ2v) is 2.76. The topological polar surface area (TPSA) is 26.3 Å². The van der Waals surface area contributed by atoms with Crippen molar-refractivity contribution in [2.24, 2.45) is 0 Å². The van der Waals surface area contributed by atoms with Crippen molar-refractivity contribution in [2.75, 3.05) is 6.61 Å². The van der Waals surface area contributed by atoms with E-state index in [2.05, 4.69) is 0 Å². The highest BCUT2D eigenvalue weighted by atomic mass is 16.5. The Kier molecular flexibility index (Phi) is 3.44. The van der Waals surface area contributed by atoms with Gasteiger partial charge >= 0.3 is 0 Å². The lowest BCUT2D eigenvalue weighted by molar-refractivity contribution is -0.114. The molecule has 0 aromatic rings. The second-order valence-electron chi connectivity index (χ2n) is 2.76. The molecule has 0 aromatic carbocycles. The SMILES string of the molecule is O=CCOC1CCCCC1. The van der Waals surface area contributed by atoms with Gasteiger partial charge in [0.2, 0.25) is 0 Å². The number of hydrogen-bond donors (Lipinski definition) is 0. The number of carbonyl (C=O) groups is 1. The van der Waals surface area contributed by atoms with Crippen molar-refractivity contribution < 1.29 is 9.53 Å². The van der Waals surface area contributed by atoms with Crippen molar-refractivity contribution in [1.82, 2.24) is 0 Å². The maximum absolute atomic E-state index is 9.92. The van der Waals surface area contributed by atoms with Gasteiger partial charge in [-0.1, -0.05) is 19.3 Å². The smallest absolute Gasteiger partial charge is 0.145 e. The highest BCUT2D eigenvalue weighted by molar-refractivity contribution is 5.50. The molecule has 2 nitrogen and oxygen atoms in total. The summed E-state index contributed by atoms with van der Waals surface area (Å²) in [6, 6.07) is 0. The molecule has 0 heterocycles. The quantitative estimate of drug-likeness (QED) is 0.559. The zero-order valence-corrected chi connectivity index (χ0v) is 6.21. The average molecular weight is 142 g/mol. The van der Waals surface area contributed by atoms with Crippen LogP contribution in [0.25, 0.3) is 0 Å². The lowest BCUT2D eigenvalue weighted by atomic mass is 9.98. The molecule has 0 amide bonds. The van der Waals surface area contributed by atoms with Crippen LogP contribution >= 0.6 is 0 Å². The van der Waals surface area contributed by atoms with Crippen LogP contribution in [0.4, 0.5) is 0 Å². The number of carbonyl (C=O) groups excluding carboxylic acids is 1. The second kappa shape index (κ2) is 4.45. The molecule has 1 fully saturated rings. The summed E-state index contributed by atoms with van der Waals surface area (Å²) in [6.45, 7) is 0.282. The molecule has 0 bridgehead atoms. The third kappa shape index (κ3) is 2.48. The number of aldehydes is 1. The van der Waals surface area contributed by atoms with Crippen molar-refractivity contribution in [3.05, 3.63) is 0 Å². The van der Waals surface area contributed by atoms with Gasteiger partial charge in [-0.2, -0.15) is 0 Å². The van der Waals surface area contributed by atoms with E-state index < -0.39 is 0 Å². The van der Waals surface area contributed by atoms with Gasteiger partial charge in [0.15, 0.2) is 0 Å². The van der Waals surface area contributed by atoms with E-state index in [9.17, 15) is 4.79 Å². The third-order valence-corrected chi connectivity index (χ3v) is 1.95. The molecule has 1 saturated carbocycles. The Morgan fingerprint density at radius 2 is 2.00 bits per heavy atom. The van der Waals surface area contributed by atoms with Gasteiger partial charge in [0, 0.05) is 0 Å². The van der Waals surface area contributed by atoms with Gasteiger partial charge in [0.1, 0.15) is 12.9 Å². The van der Waals surface area contributed by atoms with Gasteiger partial charge in [-0.05, 0) is 12.8 Å². The fourth-order valence-corrected chi connectivity index (χ4v) is 1.41. The summed E-state index contributed by atoms with van der Waals surface area (Å²) in [7, 11) is 0. The van der Waals surface area contributed by atoms with E-state index in [4.69, 9.17) is 4.74 Å². The van der Waals surface area contributed by atoms with E-state index in [1.54, 1.807) is 0 Å². The molecule has 1 aliphatic rings. The first-order valence-corrected chi connectivity index (χ1v) is 3.98. The van der Waals surface area contributed by atoms with Crippen molar-refractivity contribution in [3.8, 4) is 0 Å². The maximum atomic E-state index is 9.92. The molecule has 0 aliphatic heterocycles. The molecular weight excluding hydrogens is 128 g/mol. The minimum Gasteiger partial charge on any atom is -0.371 e. The molecule has 0 N–H and O–H groups in total. The number of ether oxygens (including phenoxy) is 1. The third-order valence-electron chi connectivity index (χ3n) is 1.95. The van der Waals surface area contributed by atoms with Crippen LogP contribution in [-0.2, 0) is 9.53 Å². The zero-order chi connectivity index (χ0) is 7.23. The van der Waals surface area contributed by atoms with Gasteiger partial charge < -0.3 is 9.53 Å².